The number of carbonyl (C=O) groups is 1. The number of anilines is 1. The van der Waals surface area contributed by atoms with Crippen LogP contribution >= 0.6 is 11.3 Å². The third-order valence-electron chi connectivity index (χ3n) is 5.68. The van der Waals surface area contributed by atoms with Crippen molar-refractivity contribution in [2.24, 2.45) is 0 Å². The van der Waals surface area contributed by atoms with Crippen LogP contribution < -0.4 is 4.90 Å². The number of benzene rings is 2. The lowest BCUT2D eigenvalue weighted by Crippen LogP contribution is -2.49. The summed E-state index contributed by atoms with van der Waals surface area (Å²) in [6.07, 6.45) is 1.53. The number of hydrogen-bond acceptors (Lipinski definition) is 4. The molecule has 1 aliphatic rings. The second-order valence-electron chi connectivity index (χ2n) is 7.62. The molecule has 0 aliphatic carbocycles. The van der Waals surface area contributed by atoms with Gasteiger partial charge in [0.2, 0.25) is 5.91 Å². The number of fused-ring (bicyclic) bond motifs is 1. The van der Waals surface area contributed by atoms with E-state index in [2.05, 4.69) is 62.1 Å². The molecule has 0 unspecified atom stereocenters. The zero-order valence-electron chi connectivity index (χ0n) is 16.9. The Morgan fingerprint density at radius 3 is 2.46 bits per heavy atom. The van der Waals surface area contributed by atoms with Crippen LogP contribution in [0.2, 0.25) is 0 Å². The maximum absolute atomic E-state index is 12.7. The first kappa shape index (κ1) is 18.9. The van der Waals surface area contributed by atoms with Crippen LogP contribution in [-0.4, -0.2) is 42.0 Å². The topological polar surface area (TPSA) is 36.4 Å². The highest BCUT2D eigenvalue weighted by Crippen LogP contribution is 2.30. The molecule has 2 heterocycles. The van der Waals surface area contributed by atoms with E-state index in [4.69, 9.17) is 4.98 Å². The molecule has 146 valence electrons. The van der Waals surface area contributed by atoms with Gasteiger partial charge in [-0.05, 0) is 54.7 Å². The third kappa shape index (κ3) is 3.90. The summed E-state index contributed by atoms with van der Waals surface area (Å²) < 4.78 is 1.25. The predicted molar refractivity (Wildman–Crippen MR) is 117 cm³/mol. The summed E-state index contributed by atoms with van der Waals surface area (Å²) in [4.78, 5) is 21.8. The summed E-state index contributed by atoms with van der Waals surface area (Å²) in [7, 11) is 0. The third-order valence-corrected chi connectivity index (χ3v) is 6.76. The van der Waals surface area contributed by atoms with Crippen LogP contribution in [0.5, 0.6) is 0 Å². The lowest BCUT2D eigenvalue weighted by atomic mass is 10.0. The Kier molecular flexibility index (Phi) is 5.36. The summed E-state index contributed by atoms with van der Waals surface area (Å²) in [5.41, 5.74) is 6.05. The van der Waals surface area contributed by atoms with Crippen LogP contribution in [0.25, 0.3) is 10.2 Å². The van der Waals surface area contributed by atoms with E-state index in [-0.39, 0.29) is 5.91 Å². The zero-order valence-corrected chi connectivity index (χ0v) is 17.7. The molecule has 2 aromatic carbocycles. The number of piperazine rings is 1. The van der Waals surface area contributed by atoms with Gasteiger partial charge in [0.25, 0.3) is 0 Å². The van der Waals surface area contributed by atoms with Crippen molar-refractivity contribution in [1.29, 1.82) is 0 Å². The van der Waals surface area contributed by atoms with Crippen molar-refractivity contribution in [3.05, 3.63) is 58.7 Å². The Morgan fingerprint density at radius 1 is 1.00 bits per heavy atom. The molecule has 5 heteroatoms. The van der Waals surface area contributed by atoms with Gasteiger partial charge in [0, 0.05) is 26.2 Å². The zero-order chi connectivity index (χ0) is 19.7. The van der Waals surface area contributed by atoms with Gasteiger partial charge in [-0.15, -0.1) is 0 Å². The van der Waals surface area contributed by atoms with Crippen LogP contribution in [0.15, 0.2) is 36.4 Å². The molecule has 1 aliphatic heterocycles. The van der Waals surface area contributed by atoms with Crippen molar-refractivity contribution in [3.8, 4) is 0 Å². The molecule has 0 atom stereocenters. The van der Waals surface area contributed by atoms with Gasteiger partial charge >= 0.3 is 0 Å². The summed E-state index contributed by atoms with van der Waals surface area (Å²) in [5, 5.41) is 1.07. The number of hydrogen-bond donors (Lipinski definition) is 0. The highest BCUT2D eigenvalue weighted by molar-refractivity contribution is 7.22. The number of thiazole rings is 1. The smallest absolute Gasteiger partial charge is 0.227 e. The number of nitrogens with zero attached hydrogens (tertiary/aromatic N) is 3. The molecule has 1 fully saturated rings. The fourth-order valence-electron chi connectivity index (χ4n) is 3.66. The Hall–Kier alpha value is -2.40. The SMILES string of the molecule is CCc1ccc2nc(N3CCN(C(=O)Cc4ccc(C)c(C)c4)CC3)sc2c1. The van der Waals surface area contributed by atoms with Gasteiger partial charge in [-0.1, -0.05) is 42.5 Å². The summed E-state index contributed by atoms with van der Waals surface area (Å²) >= 11 is 1.76. The molecule has 3 aromatic rings. The van der Waals surface area contributed by atoms with E-state index in [0.717, 1.165) is 48.8 Å². The minimum atomic E-state index is 0.222. The number of aromatic nitrogens is 1. The summed E-state index contributed by atoms with van der Waals surface area (Å²) in [6, 6.07) is 12.8. The highest BCUT2D eigenvalue weighted by Gasteiger charge is 2.23. The van der Waals surface area contributed by atoms with Crippen molar-refractivity contribution >= 4 is 32.6 Å². The molecule has 0 spiro atoms. The fraction of sp³-hybridized carbons (Fsp3) is 0.391. The van der Waals surface area contributed by atoms with Crippen LogP contribution in [-0.2, 0) is 17.6 Å². The van der Waals surface area contributed by atoms with Crippen LogP contribution in [0.4, 0.5) is 5.13 Å². The summed E-state index contributed by atoms with van der Waals surface area (Å²) in [5.74, 6) is 0.222. The molecule has 28 heavy (non-hydrogen) atoms. The molecule has 0 bridgehead atoms. The van der Waals surface area contributed by atoms with Crippen molar-refractivity contribution in [2.75, 3.05) is 31.1 Å². The Bertz CT molecular complexity index is 1000. The molecule has 0 N–H and O–H groups in total. The van der Waals surface area contributed by atoms with Gasteiger partial charge in [0.1, 0.15) is 0 Å². The van der Waals surface area contributed by atoms with Crippen LogP contribution in [0.1, 0.15) is 29.2 Å². The minimum absolute atomic E-state index is 0.222. The number of rotatable bonds is 4. The molecular weight excluding hydrogens is 366 g/mol. The maximum atomic E-state index is 12.7. The minimum Gasteiger partial charge on any atom is -0.345 e. The van der Waals surface area contributed by atoms with Crippen molar-refractivity contribution in [3.63, 3.8) is 0 Å². The van der Waals surface area contributed by atoms with E-state index in [1.807, 2.05) is 4.90 Å². The molecular formula is C23H27N3OS. The number of carbonyl (C=O) groups excluding carboxylic acids is 1. The molecule has 1 saturated heterocycles. The van der Waals surface area contributed by atoms with Gasteiger partial charge in [0.05, 0.1) is 16.6 Å². The predicted octanol–water partition coefficient (Wildman–Crippen LogP) is 4.37. The van der Waals surface area contributed by atoms with Gasteiger partial charge in [-0.2, -0.15) is 0 Å². The first-order chi connectivity index (χ1) is 13.5. The fourth-order valence-corrected chi connectivity index (χ4v) is 4.74. The first-order valence-corrected chi connectivity index (χ1v) is 10.8. The average molecular weight is 394 g/mol. The Morgan fingerprint density at radius 2 is 1.75 bits per heavy atom. The largest absolute Gasteiger partial charge is 0.345 e. The Balaban J connectivity index is 1.38. The quantitative estimate of drug-likeness (QED) is 0.660. The maximum Gasteiger partial charge on any atom is 0.227 e. The van der Waals surface area contributed by atoms with Gasteiger partial charge in [0.15, 0.2) is 5.13 Å². The van der Waals surface area contributed by atoms with Crippen LogP contribution in [0.3, 0.4) is 0 Å². The van der Waals surface area contributed by atoms with Gasteiger partial charge < -0.3 is 9.80 Å². The van der Waals surface area contributed by atoms with Gasteiger partial charge in [-0.3, -0.25) is 4.79 Å². The van der Waals surface area contributed by atoms with Crippen molar-refractivity contribution in [2.45, 2.75) is 33.6 Å². The monoisotopic (exact) mass is 393 g/mol. The lowest BCUT2D eigenvalue weighted by molar-refractivity contribution is -0.130. The molecule has 0 saturated carbocycles. The molecule has 4 nitrogen and oxygen atoms in total. The van der Waals surface area contributed by atoms with E-state index in [9.17, 15) is 4.79 Å². The molecule has 0 radical (unpaired) electrons. The first-order valence-electron chi connectivity index (χ1n) is 10.0. The molecule has 1 aromatic heterocycles. The number of aryl methyl sites for hydroxylation is 3. The second-order valence-corrected chi connectivity index (χ2v) is 8.62. The van der Waals surface area contributed by atoms with E-state index in [0.29, 0.717) is 6.42 Å². The summed E-state index contributed by atoms with van der Waals surface area (Å²) in [6.45, 7) is 9.60. The average Bonchev–Trinajstić information content (AvgIpc) is 3.14. The second kappa shape index (κ2) is 7.92. The van der Waals surface area contributed by atoms with E-state index >= 15 is 0 Å². The Labute approximate surface area is 170 Å². The number of amides is 1. The van der Waals surface area contributed by atoms with E-state index in [1.165, 1.54) is 21.4 Å². The standard InChI is InChI=1S/C23H27N3OS/c1-4-18-7-8-20-21(14-18)28-23(24-20)26-11-9-25(10-12-26)22(27)15-19-6-5-16(2)17(3)13-19/h5-8,13-14H,4,9-12,15H2,1-3H3. The molecule has 4 rings (SSSR count). The lowest BCUT2D eigenvalue weighted by Gasteiger charge is -2.34. The highest BCUT2D eigenvalue weighted by atomic mass is 32.1. The van der Waals surface area contributed by atoms with Crippen molar-refractivity contribution in [1.82, 2.24) is 9.88 Å². The van der Waals surface area contributed by atoms with E-state index < -0.39 is 0 Å². The van der Waals surface area contributed by atoms with Crippen molar-refractivity contribution < 1.29 is 4.79 Å². The van der Waals surface area contributed by atoms with Crippen LogP contribution in [0, 0.1) is 13.8 Å². The normalized spacial score (nSPS) is 14.7. The van der Waals surface area contributed by atoms with E-state index in [1.54, 1.807) is 11.3 Å². The molecule has 1 amide bonds. The van der Waals surface area contributed by atoms with Gasteiger partial charge in [-0.25, -0.2) is 4.98 Å².